The SMILES string of the molecule is Nc1nccnc1N1CC(=O)NC(=O)C1. The normalized spacial score (nSPS) is 16.4. The number of hydrogen-bond donors (Lipinski definition) is 2. The molecule has 2 rings (SSSR count). The van der Waals surface area contributed by atoms with Gasteiger partial charge < -0.3 is 10.6 Å². The topological polar surface area (TPSA) is 101 Å². The summed E-state index contributed by atoms with van der Waals surface area (Å²) in [6.45, 7) is 0.128. The van der Waals surface area contributed by atoms with E-state index in [0.717, 1.165) is 0 Å². The second kappa shape index (κ2) is 3.52. The number of aromatic nitrogens is 2. The molecular formula is C8H9N5O2. The monoisotopic (exact) mass is 207 g/mol. The van der Waals surface area contributed by atoms with Crippen molar-refractivity contribution in [3.05, 3.63) is 12.4 Å². The van der Waals surface area contributed by atoms with Crippen molar-refractivity contribution in [1.29, 1.82) is 0 Å². The Kier molecular flexibility index (Phi) is 2.20. The number of hydrogen-bond acceptors (Lipinski definition) is 6. The summed E-state index contributed by atoms with van der Waals surface area (Å²) in [7, 11) is 0. The van der Waals surface area contributed by atoms with Crippen molar-refractivity contribution < 1.29 is 9.59 Å². The number of nitrogens with one attached hydrogen (secondary N) is 1. The van der Waals surface area contributed by atoms with Crippen LogP contribution in [0.3, 0.4) is 0 Å². The van der Waals surface area contributed by atoms with Crippen LogP contribution in [0, 0.1) is 0 Å². The third-order valence-electron chi connectivity index (χ3n) is 1.95. The molecule has 0 unspecified atom stereocenters. The number of piperazine rings is 1. The molecule has 1 aliphatic heterocycles. The van der Waals surface area contributed by atoms with E-state index in [1.807, 2.05) is 0 Å². The van der Waals surface area contributed by atoms with Gasteiger partial charge in [0, 0.05) is 12.4 Å². The first kappa shape index (κ1) is 9.38. The summed E-state index contributed by atoms with van der Waals surface area (Å²) in [5, 5.41) is 2.19. The minimum Gasteiger partial charge on any atom is -0.381 e. The van der Waals surface area contributed by atoms with Gasteiger partial charge in [0.2, 0.25) is 11.8 Å². The molecule has 2 heterocycles. The van der Waals surface area contributed by atoms with Gasteiger partial charge >= 0.3 is 0 Å². The number of nitrogens with zero attached hydrogens (tertiary/aromatic N) is 3. The Balaban J connectivity index is 2.27. The smallest absolute Gasteiger partial charge is 0.246 e. The van der Waals surface area contributed by atoms with Crippen LogP contribution in [0.1, 0.15) is 0 Å². The second-order valence-electron chi connectivity index (χ2n) is 3.09. The van der Waals surface area contributed by atoms with Crippen LogP contribution in [0.4, 0.5) is 11.6 Å². The first-order chi connectivity index (χ1) is 7.16. The van der Waals surface area contributed by atoms with Crippen molar-refractivity contribution in [2.24, 2.45) is 0 Å². The van der Waals surface area contributed by atoms with Gasteiger partial charge in [-0.05, 0) is 0 Å². The average Bonchev–Trinajstić information content (AvgIpc) is 2.16. The van der Waals surface area contributed by atoms with Gasteiger partial charge in [-0.2, -0.15) is 0 Å². The van der Waals surface area contributed by atoms with Crippen LogP contribution in [0.25, 0.3) is 0 Å². The molecule has 15 heavy (non-hydrogen) atoms. The van der Waals surface area contributed by atoms with Crippen molar-refractivity contribution >= 4 is 23.5 Å². The molecule has 1 aromatic heterocycles. The molecule has 0 radical (unpaired) electrons. The molecule has 7 heteroatoms. The lowest BCUT2D eigenvalue weighted by Gasteiger charge is -2.26. The van der Waals surface area contributed by atoms with Crippen molar-refractivity contribution in [1.82, 2.24) is 15.3 Å². The highest BCUT2D eigenvalue weighted by Gasteiger charge is 2.24. The number of imide groups is 1. The van der Waals surface area contributed by atoms with E-state index in [1.165, 1.54) is 17.3 Å². The summed E-state index contributed by atoms with van der Waals surface area (Å²) in [5.74, 6) is -0.159. The number of anilines is 2. The van der Waals surface area contributed by atoms with E-state index in [2.05, 4.69) is 15.3 Å². The minimum atomic E-state index is -0.365. The molecule has 7 nitrogen and oxygen atoms in total. The van der Waals surface area contributed by atoms with Crippen molar-refractivity contribution in [2.45, 2.75) is 0 Å². The number of carbonyl (C=O) groups is 2. The zero-order valence-electron chi connectivity index (χ0n) is 7.80. The van der Waals surface area contributed by atoms with Gasteiger partial charge in [-0.15, -0.1) is 0 Å². The van der Waals surface area contributed by atoms with Crippen LogP contribution in [-0.4, -0.2) is 34.9 Å². The van der Waals surface area contributed by atoms with E-state index < -0.39 is 0 Å². The highest BCUT2D eigenvalue weighted by atomic mass is 16.2. The van der Waals surface area contributed by atoms with E-state index in [0.29, 0.717) is 5.82 Å². The van der Waals surface area contributed by atoms with Gasteiger partial charge in [-0.25, -0.2) is 9.97 Å². The Morgan fingerprint density at radius 1 is 1.20 bits per heavy atom. The van der Waals surface area contributed by atoms with Gasteiger partial charge in [-0.3, -0.25) is 14.9 Å². The largest absolute Gasteiger partial charge is 0.381 e. The van der Waals surface area contributed by atoms with Crippen LogP contribution >= 0.6 is 0 Å². The molecule has 1 saturated heterocycles. The van der Waals surface area contributed by atoms with Gasteiger partial charge in [0.1, 0.15) is 0 Å². The van der Waals surface area contributed by atoms with Crippen LogP contribution < -0.4 is 16.0 Å². The van der Waals surface area contributed by atoms with Gasteiger partial charge in [-0.1, -0.05) is 0 Å². The first-order valence-corrected chi connectivity index (χ1v) is 4.31. The molecule has 1 fully saturated rings. The lowest BCUT2D eigenvalue weighted by atomic mass is 10.3. The maximum atomic E-state index is 11.1. The average molecular weight is 207 g/mol. The lowest BCUT2D eigenvalue weighted by molar-refractivity contribution is -0.130. The summed E-state index contributed by atoms with van der Waals surface area (Å²) in [5.41, 5.74) is 5.58. The molecule has 1 aromatic rings. The summed E-state index contributed by atoms with van der Waals surface area (Å²) in [6, 6.07) is 0. The van der Waals surface area contributed by atoms with Crippen molar-refractivity contribution in [3.63, 3.8) is 0 Å². The maximum absolute atomic E-state index is 11.1. The Hall–Kier alpha value is -2.18. The quantitative estimate of drug-likeness (QED) is 0.545. The number of rotatable bonds is 1. The van der Waals surface area contributed by atoms with Gasteiger partial charge in [0.25, 0.3) is 0 Å². The summed E-state index contributed by atoms with van der Waals surface area (Å²) in [6.07, 6.45) is 2.91. The number of amides is 2. The fourth-order valence-corrected chi connectivity index (χ4v) is 1.37. The van der Waals surface area contributed by atoms with E-state index in [9.17, 15) is 9.59 Å². The Morgan fingerprint density at radius 3 is 2.40 bits per heavy atom. The predicted molar refractivity (Wildman–Crippen MR) is 51.8 cm³/mol. The minimum absolute atomic E-state index is 0.0641. The lowest BCUT2D eigenvalue weighted by Crippen LogP contribution is -2.52. The molecule has 2 amide bonds. The summed E-state index contributed by atoms with van der Waals surface area (Å²) in [4.78, 5) is 31.5. The zero-order valence-corrected chi connectivity index (χ0v) is 7.80. The molecule has 3 N–H and O–H groups in total. The third-order valence-corrected chi connectivity index (χ3v) is 1.95. The van der Waals surface area contributed by atoms with Crippen LogP contribution in [0.2, 0.25) is 0 Å². The maximum Gasteiger partial charge on any atom is 0.246 e. The number of carbonyl (C=O) groups excluding carboxylic acids is 2. The molecule has 0 aromatic carbocycles. The van der Waals surface area contributed by atoms with Gasteiger partial charge in [0.05, 0.1) is 13.1 Å². The highest BCUT2D eigenvalue weighted by molar-refractivity contribution is 6.02. The summed E-state index contributed by atoms with van der Waals surface area (Å²) >= 11 is 0. The fourth-order valence-electron chi connectivity index (χ4n) is 1.37. The Morgan fingerprint density at radius 2 is 1.80 bits per heavy atom. The van der Waals surface area contributed by atoms with Gasteiger partial charge in [0.15, 0.2) is 11.6 Å². The molecule has 0 aliphatic carbocycles. The zero-order chi connectivity index (χ0) is 10.8. The predicted octanol–water partition coefficient (Wildman–Crippen LogP) is -1.48. The molecule has 0 saturated carbocycles. The highest BCUT2D eigenvalue weighted by Crippen LogP contribution is 2.16. The van der Waals surface area contributed by atoms with Crippen LogP contribution in [0.15, 0.2) is 12.4 Å². The van der Waals surface area contributed by atoms with Crippen molar-refractivity contribution in [2.75, 3.05) is 23.7 Å². The summed E-state index contributed by atoms with van der Waals surface area (Å²) < 4.78 is 0. The Bertz CT molecular complexity index is 403. The Labute approximate surface area is 85.3 Å². The van der Waals surface area contributed by atoms with E-state index in [4.69, 9.17) is 5.73 Å². The van der Waals surface area contributed by atoms with Crippen molar-refractivity contribution in [3.8, 4) is 0 Å². The molecular weight excluding hydrogens is 198 g/mol. The first-order valence-electron chi connectivity index (χ1n) is 4.31. The standard InChI is InChI=1S/C8H9N5O2/c9-7-8(11-2-1-10-7)13-3-5(14)12-6(15)4-13/h1-2H,3-4H2,(H2,9,10)(H,12,14,15). The van der Waals surface area contributed by atoms with E-state index >= 15 is 0 Å². The molecule has 1 aliphatic rings. The third kappa shape index (κ3) is 1.85. The van der Waals surface area contributed by atoms with E-state index in [-0.39, 0.29) is 30.7 Å². The number of nitrogens with two attached hydrogens (primary N) is 1. The van der Waals surface area contributed by atoms with Crippen LogP contribution in [0.5, 0.6) is 0 Å². The molecule has 0 bridgehead atoms. The molecule has 0 spiro atoms. The fraction of sp³-hybridized carbons (Fsp3) is 0.250. The second-order valence-corrected chi connectivity index (χ2v) is 3.09. The molecule has 78 valence electrons. The number of nitrogen functional groups attached to an aromatic ring is 1. The van der Waals surface area contributed by atoms with Crippen LogP contribution in [-0.2, 0) is 9.59 Å². The molecule has 0 atom stereocenters. The van der Waals surface area contributed by atoms with E-state index in [1.54, 1.807) is 0 Å².